The van der Waals surface area contributed by atoms with Gasteiger partial charge in [-0.05, 0) is 80.0 Å². The van der Waals surface area contributed by atoms with Crippen molar-refractivity contribution in [3.8, 4) is 0 Å². The van der Waals surface area contributed by atoms with E-state index in [-0.39, 0.29) is 16.8 Å². The van der Waals surface area contributed by atoms with Gasteiger partial charge in [0.2, 0.25) is 15.9 Å². The van der Waals surface area contributed by atoms with Gasteiger partial charge < -0.3 is 4.90 Å². The monoisotopic (exact) mass is 398 g/mol. The normalized spacial score (nSPS) is 17.8. The molecule has 5 nitrogen and oxygen atoms in total. The van der Waals surface area contributed by atoms with Crippen LogP contribution in [0, 0.1) is 6.92 Å². The van der Waals surface area contributed by atoms with E-state index in [1.165, 1.54) is 17.5 Å². The molecule has 1 unspecified atom stereocenters. The lowest BCUT2D eigenvalue weighted by Crippen LogP contribution is -2.28. The Bertz CT molecular complexity index is 1030. The average Bonchev–Trinajstić information content (AvgIpc) is 3.29. The van der Waals surface area contributed by atoms with Crippen LogP contribution in [0.3, 0.4) is 0 Å². The number of anilines is 1. The van der Waals surface area contributed by atoms with E-state index in [0.717, 1.165) is 36.1 Å². The molecule has 1 N–H and O–H groups in total. The van der Waals surface area contributed by atoms with Crippen molar-refractivity contribution in [2.45, 2.75) is 56.9 Å². The second-order valence-corrected chi connectivity index (χ2v) is 9.54. The second-order valence-electron chi connectivity index (χ2n) is 7.82. The molecule has 6 heteroatoms. The van der Waals surface area contributed by atoms with Crippen molar-refractivity contribution in [1.82, 2.24) is 4.72 Å². The second kappa shape index (κ2) is 7.33. The first-order valence-corrected chi connectivity index (χ1v) is 11.4. The summed E-state index contributed by atoms with van der Waals surface area (Å²) < 4.78 is 28.6. The molecule has 2 aromatic carbocycles. The molecule has 28 heavy (non-hydrogen) atoms. The zero-order valence-electron chi connectivity index (χ0n) is 16.4. The minimum Gasteiger partial charge on any atom is -0.312 e. The number of rotatable bonds is 5. The van der Waals surface area contributed by atoms with Crippen LogP contribution in [0.15, 0.2) is 41.3 Å². The molecule has 1 amide bonds. The molecular formula is C22H26N2O3S. The number of nitrogens with one attached hydrogen (secondary N) is 1. The maximum atomic E-state index is 12.9. The van der Waals surface area contributed by atoms with Crippen LogP contribution in [0.2, 0.25) is 0 Å². The number of aryl methyl sites for hydroxylation is 3. The molecule has 1 aliphatic heterocycles. The summed E-state index contributed by atoms with van der Waals surface area (Å²) in [5, 5.41) is 0. The molecule has 2 aromatic rings. The van der Waals surface area contributed by atoms with Crippen LogP contribution < -0.4 is 9.62 Å². The minimum absolute atomic E-state index is 0.0991. The van der Waals surface area contributed by atoms with Gasteiger partial charge >= 0.3 is 0 Å². The van der Waals surface area contributed by atoms with Gasteiger partial charge in [0.25, 0.3) is 0 Å². The number of hydrogen-bond acceptors (Lipinski definition) is 3. The molecule has 0 radical (unpaired) electrons. The first-order valence-electron chi connectivity index (χ1n) is 9.90. The van der Waals surface area contributed by atoms with Crippen molar-refractivity contribution in [3.05, 3.63) is 58.7 Å². The quantitative estimate of drug-likeness (QED) is 0.836. The zero-order chi connectivity index (χ0) is 19.9. The summed E-state index contributed by atoms with van der Waals surface area (Å²) in [6.07, 6.45) is 4.75. The fraction of sp³-hybridized carbons (Fsp3) is 0.409. The Hall–Kier alpha value is -2.18. The van der Waals surface area contributed by atoms with Crippen LogP contribution in [0.4, 0.5) is 5.69 Å². The molecule has 0 spiro atoms. The Morgan fingerprint density at radius 2 is 1.79 bits per heavy atom. The van der Waals surface area contributed by atoms with Crippen LogP contribution in [-0.4, -0.2) is 20.9 Å². The highest BCUT2D eigenvalue weighted by Crippen LogP contribution is 2.29. The van der Waals surface area contributed by atoms with Gasteiger partial charge in [0.1, 0.15) is 0 Å². The van der Waals surface area contributed by atoms with Crippen molar-refractivity contribution in [2.75, 3.05) is 11.4 Å². The summed E-state index contributed by atoms with van der Waals surface area (Å²) in [7, 11) is -3.65. The van der Waals surface area contributed by atoms with E-state index in [1.54, 1.807) is 23.1 Å². The summed E-state index contributed by atoms with van der Waals surface area (Å²) in [6, 6.07) is 10.9. The van der Waals surface area contributed by atoms with Crippen molar-refractivity contribution in [1.29, 1.82) is 0 Å². The van der Waals surface area contributed by atoms with Gasteiger partial charge in [-0.15, -0.1) is 0 Å². The number of carbonyl (C=O) groups excluding carboxylic acids is 1. The third-order valence-electron chi connectivity index (χ3n) is 5.80. The van der Waals surface area contributed by atoms with Crippen LogP contribution in [0.1, 0.15) is 54.5 Å². The maximum Gasteiger partial charge on any atom is 0.241 e. The van der Waals surface area contributed by atoms with Crippen LogP contribution >= 0.6 is 0 Å². The van der Waals surface area contributed by atoms with E-state index >= 15 is 0 Å². The van der Waals surface area contributed by atoms with Crippen molar-refractivity contribution in [3.63, 3.8) is 0 Å². The molecule has 4 rings (SSSR count). The van der Waals surface area contributed by atoms with Gasteiger partial charge in [-0.25, -0.2) is 13.1 Å². The van der Waals surface area contributed by atoms with E-state index < -0.39 is 10.0 Å². The molecule has 0 saturated carbocycles. The van der Waals surface area contributed by atoms with Gasteiger partial charge in [0.05, 0.1) is 4.90 Å². The highest BCUT2D eigenvalue weighted by Gasteiger charge is 2.25. The minimum atomic E-state index is -3.65. The van der Waals surface area contributed by atoms with Crippen LogP contribution in [-0.2, 0) is 27.7 Å². The Kier molecular flexibility index (Phi) is 5.02. The van der Waals surface area contributed by atoms with Crippen LogP contribution in [0.5, 0.6) is 0 Å². The average molecular weight is 399 g/mol. The van der Waals surface area contributed by atoms with Crippen molar-refractivity contribution >= 4 is 21.6 Å². The van der Waals surface area contributed by atoms with Gasteiger partial charge in [0.15, 0.2) is 0 Å². The number of nitrogens with zero attached hydrogens (tertiary/aromatic N) is 1. The first-order chi connectivity index (χ1) is 13.3. The van der Waals surface area contributed by atoms with Crippen molar-refractivity contribution in [2.24, 2.45) is 0 Å². The SMILES string of the molecule is Cc1cc(S(=O)(=O)NC(C)c2ccc3c(c2)CCC3)ccc1N1CCCC1=O. The lowest BCUT2D eigenvalue weighted by Gasteiger charge is -2.20. The number of benzene rings is 2. The lowest BCUT2D eigenvalue weighted by molar-refractivity contribution is -0.117. The summed E-state index contributed by atoms with van der Waals surface area (Å²) in [6.45, 7) is 4.42. The highest BCUT2D eigenvalue weighted by molar-refractivity contribution is 7.89. The molecular weight excluding hydrogens is 372 g/mol. The third kappa shape index (κ3) is 3.59. The van der Waals surface area contributed by atoms with Crippen molar-refractivity contribution < 1.29 is 13.2 Å². The number of carbonyl (C=O) groups is 1. The number of hydrogen-bond donors (Lipinski definition) is 1. The number of sulfonamides is 1. The maximum absolute atomic E-state index is 12.9. The number of fused-ring (bicyclic) bond motifs is 1. The van der Waals surface area contributed by atoms with E-state index in [1.807, 2.05) is 19.9 Å². The lowest BCUT2D eigenvalue weighted by atomic mass is 10.0. The molecule has 1 aliphatic carbocycles. The fourth-order valence-corrected chi connectivity index (χ4v) is 5.55. The predicted octanol–water partition coefficient (Wildman–Crippen LogP) is 3.65. The van der Waals surface area contributed by atoms with Gasteiger partial charge in [0, 0.05) is 24.7 Å². The molecule has 148 valence electrons. The smallest absolute Gasteiger partial charge is 0.241 e. The summed E-state index contributed by atoms with van der Waals surface area (Å²) >= 11 is 0. The fourth-order valence-electron chi connectivity index (χ4n) is 4.23. The first kappa shape index (κ1) is 19.2. The Morgan fingerprint density at radius 3 is 2.50 bits per heavy atom. The summed E-state index contributed by atoms with van der Waals surface area (Å²) in [4.78, 5) is 14.0. The molecule has 2 aliphatic rings. The Morgan fingerprint density at radius 1 is 1.00 bits per heavy atom. The number of amides is 1. The van der Waals surface area contributed by atoms with Gasteiger partial charge in [-0.2, -0.15) is 0 Å². The largest absolute Gasteiger partial charge is 0.312 e. The molecule has 1 heterocycles. The molecule has 1 atom stereocenters. The summed E-state index contributed by atoms with van der Waals surface area (Å²) in [5.41, 5.74) is 5.29. The molecule has 0 aromatic heterocycles. The van der Waals surface area contributed by atoms with Crippen LogP contribution in [0.25, 0.3) is 0 Å². The summed E-state index contributed by atoms with van der Waals surface area (Å²) in [5.74, 6) is 0.0991. The predicted molar refractivity (Wildman–Crippen MR) is 110 cm³/mol. The van der Waals surface area contributed by atoms with E-state index in [0.29, 0.717) is 13.0 Å². The Balaban J connectivity index is 1.54. The molecule has 0 bridgehead atoms. The highest BCUT2D eigenvalue weighted by atomic mass is 32.2. The topological polar surface area (TPSA) is 66.5 Å². The standard InChI is InChI=1S/C22H26N2O3S/c1-15-13-20(10-11-21(15)24-12-4-7-22(24)25)28(26,27)23-16(2)18-9-8-17-5-3-6-19(17)14-18/h8-11,13-14,16,23H,3-7,12H2,1-2H3. The van der Waals surface area contributed by atoms with E-state index in [9.17, 15) is 13.2 Å². The van der Waals surface area contributed by atoms with Gasteiger partial charge in [-0.3, -0.25) is 4.79 Å². The van der Waals surface area contributed by atoms with E-state index in [2.05, 4.69) is 16.9 Å². The Labute approximate surface area is 166 Å². The molecule has 1 fully saturated rings. The third-order valence-corrected chi connectivity index (χ3v) is 7.34. The van der Waals surface area contributed by atoms with Gasteiger partial charge in [-0.1, -0.05) is 18.2 Å². The molecule has 1 saturated heterocycles. The zero-order valence-corrected chi connectivity index (χ0v) is 17.2. The van der Waals surface area contributed by atoms with E-state index in [4.69, 9.17) is 0 Å².